The molecule has 0 radical (unpaired) electrons. The van der Waals surface area contributed by atoms with E-state index in [-0.39, 0.29) is 9.76 Å². The van der Waals surface area contributed by atoms with E-state index >= 15 is 0 Å². The molecule has 0 rings (SSSR count). The molecule has 0 bridgehead atoms. The Bertz CT molecular complexity index is 65.4. The number of rotatable bonds is 4. The summed E-state index contributed by atoms with van der Waals surface area (Å²) in [5, 5.41) is 0. The fourth-order valence-corrected chi connectivity index (χ4v) is 3.29. The van der Waals surface area contributed by atoms with Crippen LogP contribution >= 0.6 is 0 Å². The fourth-order valence-electron chi connectivity index (χ4n) is 0.637. The molecule has 0 saturated heterocycles. The maximum Gasteiger partial charge on any atom is 0.148 e. The summed E-state index contributed by atoms with van der Waals surface area (Å²) < 4.78 is 5.19. The maximum atomic E-state index is 5.19. The minimum Gasteiger partial charge on any atom is -0.468 e. The van der Waals surface area contributed by atoms with Crippen LogP contribution in [0.5, 0.6) is 0 Å². The van der Waals surface area contributed by atoms with Gasteiger partial charge in [0.25, 0.3) is 0 Å². The molecule has 0 aromatic rings. The largest absolute Gasteiger partial charge is 0.468 e. The Morgan fingerprint density at radius 2 is 2.62 bits per heavy atom. The maximum absolute atomic E-state index is 5.19. The highest BCUT2D eigenvalue weighted by molar-refractivity contribution is 6.35. The van der Waals surface area contributed by atoms with Crippen molar-refractivity contribution >= 4 is 20.2 Å². The Morgan fingerprint density at radius 3 is 3.00 bits per heavy atom. The van der Waals surface area contributed by atoms with E-state index in [1.54, 1.807) is 0 Å². The SMILES string of the molecule is C=CCC(C)[SiH2]O[SiH3]. The van der Waals surface area contributed by atoms with Crippen molar-refractivity contribution in [2.45, 2.75) is 18.9 Å². The van der Waals surface area contributed by atoms with Gasteiger partial charge in [-0.25, -0.2) is 0 Å². The molecule has 0 amide bonds. The molecule has 1 unspecified atom stereocenters. The van der Waals surface area contributed by atoms with Gasteiger partial charge in [-0.2, -0.15) is 0 Å². The first-order valence-corrected chi connectivity index (χ1v) is 5.12. The highest BCUT2D eigenvalue weighted by Crippen LogP contribution is 2.06. The van der Waals surface area contributed by atoms with Gasteiger partial charge in [0.2, 0.25) is 0 Å². The smallest absolute Gasteiger partial charge is 0.148 e. The zero-order valence-corrected chi connectivity index (χ0v) is 9.10. The molecule has 0 saturated carbocycles. The van der Waals surface area contributed by atoms with Crippen LogP contribution in [0.25, 0.3) is 0 Å². The first kappa shape index (κ1) is 8.13. The van der Waals surface area contributed by atoms with Crippen LogP contribution in [0.3, 0.4) is 0 Å². The van der Waals surface area contributed by atoms with Gasteiger partial charge in [0.15, 0.2) is 0 Å². The van der Waals surface area contributed by atoms with Crippen molar-refractivity contribution in [1.29, 1.82) is 0 Å². The van der Waals surface area contributed by atoms with Crippen molar-refractivity contribution in [3.8, 4) is 0 Å². The first-order valence-electron chi connectivity index (χ1n) is 2.91. The van der Waals surface area contributed by atoms with Gasteiger partial charge >= 0.3 is 0 Å². The lowest BCUT2D eigenvalue weighted by atomic mass is 10.3. The van der Waals surface area contributed by atoms with Crippen LogP contribution < -0.4 is 0 Å². The highest BCUT2D eigenvalue weighted by Gasteiger charge is 1.96. The molecule has 0 fully saturated rings. The van der Waals surface area contributed by atoms with E-state index in [2.05, 4.69) is 13.5 Å². The van der Waals surface area contributed by atoms with E-state index in [0.717, 1.165) is 22.4 Å². The summed E-state index contributed by atoms with van der Waals surface area (Å²) in [4.78, 5) is 0. The highest BCUT2D eigenvalue weighted by atomic mass is 28.3. The van der Waals surface area contributed by atoms with Crippen molar-refractivity contribution in [3.63, 3.8) is 0 Å². The van der Waals surface area contributed by atoms with Gasteiger partial charge in [-0.05, 0) is 12.0 Å². The Hall–Kier alpha value is 0.134. The summed E-state index contributed by atoms with van der Waals surface area (Å²) in [6, 6.07) is 0. The third kappa shape index (κ3) is 4.30. The molecule has 48 valence electrons. The molecule has 3 heteroatoms. The fraction of sp³-hybridized carbons (Fsp3) is 0.600. The Kier molecular flexibility index (Phi) is 5.36. The summed E-state index contributed by atoms with van der Waals surface area (Å²) in [5.41, 5.74) is 0.796. The lowest BCUT2D eigenvalue weighted by molar-refractivity contribution is 0.636. The van der Waals surface area contributed by atoms with Gasteiger partial charge in [0.1, 0.15) is 20.2 Å². The van der Waals surface area contributed by atoms with Crippen molar-refractivity contribution in [1.82, 2.24) is 0 Å². The van der Waals surface area contributed by atoms with E-state index in [9.17, 15) is 0 Å². The third-order valence-electron chi connectivity index (χ3n) is 1.02. The summed E-state index contributed by atoms with van der Waals surface area (Å²) in [6.07, 6.45) is 3.10. The monoisotopic (exact) mass is 146 g/mol. The standard InChI is InChI=1S/C5H14OSi2/c1-3-4-5(2)8-6-7/h3,5H,1,4,8H2,2,7H3. The molecule has 1 nitrogen and oxygen atoms in total. The van der Waals surface area contributed by atoms with Crippen LogP contribution in [0.2, 0.25) is 5.54 Å². The lowest BCUT2D eigenvalue weighted by Crippen LogP contribution is -2.01. The molecule has 0 aromatic heterocycles. The molecule has 8 heavy (non-hydrogen) atoms. The normalized spacial score (nSPS) is 15.1. The first-order chi connectivity index (χ1) is 3.81. The lowest BCUT2D eigenvalue weighted by Gasteiger charge is -2.03. The van der Waals surface area contributed by atoms with Crippen LogP contribution in [-0.4, -0.2) is 20.2 Å². The van der Waals surface area contributed by atoms with E-state index in [1.807, 2.05) is 6.08 Å². The molecular formula is C5H14OSi2. The number of allylic oxidation sites excluding steroid dienone is 1. The van der Waals surface area contributed by atoms with Gasteiger partial charge in [0.05, 0.1) is 0 Å². The summed E-state index contributed by atoms with van der Waals surface area (Å²) in [6.45, 7) is 5.89. The van der Waals surface area contributed by atoms with E-state index in [0.29, 0.717) is 0 Å². The predicted molar refractivity (Wildman–Crippen MR) is 43.8 cm³/mol. The van der Waals surface area contributed by atoms with Crippen molar-refractivity contribution in [2.24, 2.45) is 0 Å². The molecule has 0 aliphatic heterocycles. The topological polar surface area (TPSA) is 9.23 Å². The second kappa shape index (κ2) is 5.27. The van der Waals surface area contributed by atoms with Crippen LogP contribution in [0.4, 0.5) is 0 Å². The molecule has 0 heterocycles. The second-order valence-electron chi connectivity index (χ2n) is 2.08. The average Bonchev–Trinajstić information content (AvgIpc) is 1.68. The molecule has 1 atom stereocenters. The minimum atomic E-state index is -0.174. The van der Waals surface area contributed by atoms with Gasteiger partial charge in [0, 0.05) is 0 Å². The zero-order chi connectivity index (χ0) is 6.41. The molecule has 0 spiro atoms. The molecule has 0 N–H and O–H groups in total. The summed E-state index contributed by atoms with van der Waals surface area (Å²) >= 11 is 0. The second-order valence-corrected chi connectivity index (χ2v) is 6.12. The van der Waals surface area contributed by atoms with E-state index < -0.39 is 0 Å². The molecule has 0 aromatic carbocycles. The molecule has 0 aliphatic carbocycles. The quantitative estimate of drug-likeness (QED) is 0.393. The van der Waals surface area contributed by atoms with Gasteiger partial charge in [-0.3, -0.25) is 0 Å². The van der Waals surface area contributed by atoms with Crippen LogP contribution in [-0.2, 0) is 4.12 Å². The Labute approximate surface area is 56.6 Å². The molecular weight excluding hydrogens is 132 g/mol. The molecule has 0 aliphatic rings. The summed E-state index contributed by atoms with van der Waals surface area (Å²) in [7, 11) is 0.747. The third-order valence-corrected chi connectivity index (χ3v) is 3.26. The van der Waals surface area contributed by atoms with Crippen molar-refractivity contribution in [3.05, 3.63) is 12.7 Å². The predicted octanol–water partition coefficient (Wildman–Crippen LogP) is -0.248. The Balaban J connectivity index is 3.03. The van der Waals surface area contributed by atoms with E-state index in [4.69, 9.17) is 4.12 Å². The van der Waals surface area contributed by atoms with Gasteiger partial charge in [-0.15, -0.1) is 6.58 Å². The van der Waals surface area contributed by atoms with Crippen molar-refractivity contribution in [2.75, 3.05) is 0 Å². The summed E-state index contributed by atoms with van der Waals surface area (Å²) in [5.74, 6) is 0. The van der Waals surface area contributed by atoms with Gasteiger partial charge in [-0.1, -0.05) is 13.0 Å². The number of hydrogen-bond acceptors (Lipinski definition) is 1. The minimum absolute atomic E-state index is 0.174. The van der Waals surface area contributed by atoms with E-state index in [1.165, 1.54) is 0 Å². The van der Waals surface area contributed by atoms with Crippen molar-refractivity contribution < 1.29 is 4.12 Å². The van der Waals surface area contributed by atoms with Crippen LogP contribution in [0.15, 0.2) is 12.7 Å². The zero-order valence-electron chi connectivity index (χ0n) is 5.68. The number of hydrogen-bond donors (Lipinski definition) is 0. The Morgan fingerprint density at radius 1 is 2.00 bits per heavy atom. The van der Waals surface area contributed by atoms with Crippen LogP contribution in [0.1, 0.15) is 13.3 Å². The average molecular weight is 146 g/mol. The van der Waals surface area contributed by atoms with Crippen LogP contribution in [0, 0.1) is 0 Å². The van der Waals surface area contributed by atoms with Gasteiger partial charge < -0.3 is 4.12 Å².